The van der Waals surface area contributed by atoms with E-state index in [9.17, 15) is 9.59 Å². The van der Waals surface area contributed by atoms with Crippen molar-refractivity contribution in [1.82, 2.24) is 10.3 Å². The van der Waals surface area contributed by atoms with Crippen molar-refractivity contribution in [2.24, 2.45) is 0 Å². The summed E-state index contributed by atoms with van der Waals surface area (Å²) in [6, 6.07) is 9.12. The molecule has 118 valence electrons. The number of H-pyrrole nitrogens is 1. The van der Waals surface area contributed by atoms with Crippen LogP contribution in [0.4, 0.5) is 0 Å². The molecule has 2 heterocycles. The molecule has 2 aromatic heterocycles. The summed E-state index contributed by atoms with van der Waals surface area (Å²) in [5.41, 5.74) is 1.71. The molecule has 0 aliphatic heterocycles. The normalized spacial score (nSPS) is 12.3. The summed E-state index contributed by atoms with van der Waals surface area (Å²) < 4.78 is 0. The van der Waals surface area contributed by atoms with Gasteiger partial charge < -0.3 is 10.3 Å². The van der Waals surface area contributed by atoms with Gasteiger partial charge in [0.1, 0.15) is 5.56 Å². The molecule has 1 amide bonds. The molecular weight excluding hydrogens is 308 g/mol. The van der Waals surface area contributed by atoms with Gasteiger partial charge in [-0.05, 0) is 44.5 Å². The fourth-order valence-corrected chi connectivity index (χ4v) is 3.79. The molecule has 1 unspecified atom stereocenters. The van der Waals surface area contributed by atoms with E-state index in [1.165, 1.54) is 16.0 Å². The Kier molecular flexibility index (Phi) is 4.05. The third-order valence-corrected chi connectivity index (χ3v) is 4.91. The molecule has 2 N–H and O–H groups in total. The van der Waals surface area contributed by atoms with Gasteiger partial charge in [-0.3, -0.25) is 9.59 Å². The van der Waals surface area contributed by atoms with Crippen molar-refractivity contribution in [2.45, 2.75) is 26.8 Å². The van der Waals surface area contributed by atoms with Gasteiger partial charge in [0.05, 0.1) is 6.04 Å². The highest BCUT2D eigenvalue weighted by atomic mass is 32.1. The lowest BCUT2D eigenvalue weighted by Crippen LogP contribution is -2.31. The Hall–Kier alpha value is -2.40. The first-order valence-corrected chi connectivity index (χ1v) is 8.27. The van der Waals surface area contributed by atoms with Crippen LogP contribution in [0.2, 0.25) is 0 Å². The highest BCUT2D eigenvalue weighted by Crippen LogP contribution is 2.26. The number of fused-ring (bicyclic) bond motifs is 1. The van der Waals surface area contributed by atoms with E-state index in [-0.39, 0.29) is 22.9 Å². The van der Waals surface area contributed by atoms with Gasteiger partial charge in [0, 0.05) is 26.9 Å². The second kappa shape index (κ2) is 6.01. The van der Waals surface area contributed by atoms with Gasteiger partial charge in [-0.2, -0.15) is 0 Å². The highest BCUT2D eigenvalue weighted by molar-refractivity contribution is 7.12. The quantitative estimate of drug-likeness (QED) is 0.771. The number of hydrogen-bond acceptors (Lipinski definition) is 3. The van der Waals surface area contributed by atoms with Gasteiger partial charge in [0.2, 0.25) is 5.43 Å². The number of rotatable bonds is 3. The standard InChI is InChI=1S/C18H18N2O2S/c1-10-8-14(12(3)23-10)11(2)20-18(22)15-9-19-16-7-5-4-6-13(16)17(15)21/h4-9,11H,1-3H3,(H,19,21)(H,20,22). The molecule has 23 heavy (non-hydrogen) atoms. The summed E-state index contributed by atoms with van der Waals surface area (Å²) in [6.07, 6.45) is 1.48. The Labute approximate surface area is 138 Å². The van der Waals surface area contributed by atoms with Gasteiger partial charge in [-0.1, -0.05) is 12.1 Å². The van der Waals surface area contributed by atoms with Crippen LogP contribution in [0.3, 0.4) is 0 Å². The Bertz CT molecular complexity index is 940. The topological polar surface area (TPSA) is 62.0 Å². The van der Waals surface area contributed by atoms with E-state index in [4.69, 9.17) is 0 Å². The van der Waals surface area contributed by atoms with Gasteiger partial charge in [-0.25, -0.2) is 0 Å². The zero-order valence-corrected chi connectivity index (χ0v) is 14.1. The predicted molar refractivity (Wildman–Crippen MR) is 94.2 cm³/mol. The van der Waals surface area contributed by atoms with Crippen LogP contribution in [-0.4, -0.2) is 10.9 Å². The molecule has 0 spiro atoms. The van der Waals surface area contributed by atoms with E-state index in [2.05, 4.69) is 16.4 Å². The lowest BCUT2D eigenvalue weighted by atomic mass is 10.1. The number of hydrogen-bond donors (Lipinski definition) is 2. The predicted octanol–water partition coefficient (Wildman–Crippen LogP) is 3.70. The summed E-state index contributed by atoms with van der Waals surface area (Å²) in [7, 11) is 0. The Morgan fingerprint density at radius 3 is 2.70 bits per heavy atom. The van der Waals surface area contributed by atoms with E-state index in [0.29, 0.717) is 5.39 Å². The van der Waals surface area contributed by atoms with E-state index in [1.54, 1.807) is 23.5 Å². The van der Waals surface area contributed by atoms with E-state index in [0.717, 1.165) is 11.1 Å². The molecule has 0 fully saturated rings. The maximum absolute atomic E-state index is 12.5. The smallest absolute Gasteiger partial charge is 0.257 e. The van der Waals surface area contributed by atoms with Crippen LogP contribution < -0.4 is 10.7 Å². The van der Waals surface area contributed by atoms with Crippen molar-refractivity contribution in [3.05, 3.63) is 67.6 Å². The molecule has 1 atom stereocenters. The molecule has 0 bridgehead atoms. The summed E-state index contributed by atoms with van der Waals surface area (Å²) in [5.74, 6) is -0.354. The number of para-hydroxylation sites is 1. The second-order valence-electron chi connectivity index (χ2n) is 5.64. The molecule has 0 saturated heterocycles. The number of aromatic nitrogens is 1. The van der Waals surface area contributed by atoms with Crippen molar-refractivity contribution >= 4 is 28.1 Å². The Morgan fingerprint density at radius 2 is 2.00 bits per heavy atom. The minimum atomic E-state index is -0.354. The van der Waals surface area contributed by atoms with Crippen LogP contribution in [0.25, 0.3) is 10.9 Å². The molecule has 0 aliphatic carbocycles. The number of benzene rings is 1. The minimum absolute atomic E-state index is 0.139. The fraction of sp³-hybridized carbons (Fsp3) is 0.222. The lowest BCUT2D eigenvalue weighted by Gasteiger charge is -2.14. The third-order valence-electron chi connectivity index (χ3n) is 3.93. The lowest BCUT2D eigenvalue weighted by molar-refractivity contribution is 0.0938. The molecule has 4 nitrogen and oxygen atoms in total. The molecular formula is C18H18N2O2S. The molecule has 3 rings (SSSR count). The van der Waals surface area contributed by atoms with Crippen LogP contribution in [0.1, 0.15) is 38.6 Å². The minimum Gasteiger partial charge on any atom is -0.360 e. The maximum atomic E-state index is 12.5. The van der Waals surface area contributed by atoms with E-state index < -0.39 is 0 Å². The van der Waals surface area contributed by atoms with Gasteiger partial charge in [0.25, 0.3) is 5.91 Å². The number of aryl methyl sites for hydroxylation is 2. The largest absolute Gasteiger partial charge is 0.360 e. The van der Waals surface area contributed by atoms with Crippen molar-refractivity contribution < 1.29 is 4.79 Å². The van der Waals surface area contributed by atoms with Gasteiger partial charge >= 0.3 is 0 Å². The molecule has 5 heteroatoms. The highest BCUT2D eigenvalue weighted by Gasteiger charge is 2.18. The van der Waals surface area contributed by atoms with E-state index in [1.807, 2.05) is 32.9 Å². The van der Waals surface area contributed by atoms with Crippen molar-refractivity contribution in [3.63, 3.8) is 0 Å². The van der Waals surface area contributed by atoms with E-state index >= 15 is 0 Å². The molecule has 0 saturated carbocycles. The fourth-order valence-electron chi connectivity index (χ4n) is 2.77. The summed E-state index contributed by atoms with van der Waals surface area (Å²) in [6.45, 7) is 6.02. The van der Waals surface area contributed by atoms with Crippen LogP contribution in [0.15, 0.2) is 41.3 Å². The van der Waals surface area contributed by atoms with Crippen molar-refractivity contribution in [3.8, 4) is 0 Å². The number of nitrogens with one attached hydrogen (secondary N) is 2. The van der Waals surface area contributed by atoms with Crippen LogP contribution in [0, 0.1) is 13.8 Å². The number of carbonyl (C=O) groups is 1. The average molecular weight is 326 g/mol. The van der Waals surface area contributed by atoms with Crippen molar-refractivity contribution in [2.75, 3.05) is 0 Å². The monoisotopic (exact) mass is 326 g/mol. The van der Waals surface area contributed by atoms with Crippen LogP contribution in [-0.2, 0) is 0 Å². The first-order chi connectivity index (χ1) is 11.0. The van der Waals surface area contributed by atoms with Gasteiger partial charge in [0.15, 0.2) is 0 Å². The first-order valence-electron chi connectivity index (χ1n) is 7.45. The van der Waals surface area contributed by atoms with Crippen molar-refractivity contribution in [1.29, 1.82) is 0 Å². The molecule has 0 aliphatic rings. The Balaban J connectivity index is 1.90. The molecule has 0 radical (unpaired) electrons. The number of pyridine rings is 1. The first kappa shape index (κ1) is 15.5. The second-order valence-corrected chi connectivity index (χ2v) is 7.10. The Morgan fingerprint density at radius 1 is 1.26 bits per heavy atom. The summed E-state index contributed by atoms with van der Waals surface area (Å²) in [4.78, 5) is 30.4. The zero-order chi connectivity index (χ0) is 16.6. The number of carbonyl (C=O) groups excluding carboxylic acids is 1. The molecule has 3 aromatic rings. The molecule has 1 aromatic carbocycles. The SMILES string of the molecule is Cc1cc(C(C)NC(=O)c2c[nH]c3ccccc3c2=O)c(C)s1. The maximum Gasteiger partial charge on any atom is 0.257 e. The summed E-state index contributed by atoms with van der Waals surface area (Å²) >= 11 is 1.71. The van der Waals surface area contributed by atoms with Crippen LogP contribution in [0.5, 0.6) is 0 Å². The number of aromatic amines is 1. The van der Waals surface area contributed by atoms with Crippen LogP contribution >= 0.6 is 11.3 Å². The summed E-state index contributed by atoms with van der Waals surface area (Å²) in [5, 5.41) is 3.44. The third kappa shape index (κ3) is 2.92. The number of thiophene rings is 1. The average Bonchev–Trinajstić information content (AvgIpc) is 2.86. The zero-order valence-electron chi connectivity index (χ0n) is 13.3. The van der Waals surface area contributed by atoms with Gasteiger partial charge in [-0.15, -0.1) is 11.3 Å². The number of amides is 1.